The van der Waals surface area contributed by atoms with Crippen LogP contribution in [-0.4, -0.2) is 19.1 Å². The molecule has 1 aromatic carbocycles. The van der Waals surface area contributed by atoms with E-state index in [2.05, 4.69) is 5.32 Å². The van der Waals surface area contributed by atoms with Crippen LogP contribution in [0.5, 0.6) is 0 Å². The molecule has 0 bridgehead atoms. The molecule has 1 N–H and O–H groups in total. The van der Waals surface area contributed by atoms with Gasteiger partial charge in [-0.3, -0.25) is 4.79 Å². The van der Waals surface area contributed by atoms with E-state index in [1.807, 2.05) is 0 Å². The molecular weight excluding hydrogens is 283 g/mol. The summed E-state index contributed by atoms with van der Waals surface area (Å²) in [6.45, 7) is 2.78. The molecule has 0 amide bonds. The highest BCUT2D eigenvalue weighted by Gasteiger charge is 2.34. The Hall–Kier alpha value is -1.56. The van der Waals surface area contributed by atoms with Gasteiger partial charge in [-0.2, -0.15) is 13.2 Å². The third-order valence-electron chi connectivity index (χ3n) is 3.64. The van der Waals surface area contributed by atoms with Crippen LogP contribution in [0.3, 0.4) is 0 Å². The fourth-order valence-corrected chi connectivity index (χ4v) is 2.62. The lowest BCUT2D eigenvalue weighted by molar-refractivity contribution is -0.150. The molecule has 2 rings (SSSR count). The smallest absolute Gasteiger partial charge is 0.416 e. The first-order chi connectivity index (χ1) is 9.93. The van der Waals surface area contributed by atoms with Gasteiger partial charge in [0.15, 0.2) is 0 Å². The summed E-state index contributed by atoms with van der Waals surface area (Å²) in [7, 11) is 0. The lowest BCUT2D eigenvalue weighted by Gasteiger charge is -2.31. The van der Waals surface area contributed by atoms with Gasteiger partial charge >= 0.3 is 12.1 Å². The first-order valence-electron chi connectivity index (χ1n) is 7.00. The highest BCUT2D eigenvalue weighted by molar-refractivity contribution is 5.73. The zero-order valence-corrected chi connectivity index (χ0v) is 11.7. The minimum atomic E-state index is -4.35. The van der Waals surface area contributed by atoms with Crippen molar-refractivity contribution in [1.29, 1.82) is 0 Å². The van der Waals surface area contributed by atoms with Crippen LogP contribution in [0.25, 0.3) is 0 Å². The highest BCUT2D eigenvalue weighted by atomic mass is 19.4. The summed E-state index contributed by atoms with van der Waals surface area (Å²) in [5.74, 6) is -0.648. The molecule has 116 valence electrons. The van der Waals surface area contributed by atoms with Gasteiger partial charge in [-0.05, 0) is 44.0 Å². The van der Waals surface area contributed by atoms with E-state index in [4.69, 9.17) is 4.74 Å². The van der Waals surface area contributed by atoms with Gasteiger partial charge in [0.1, 0.15) is 0 Å². The summed E-state index contributed by atoms with van der Waals surface area (Å²) in [4.78, 5) is 12.0. The molecule has 1 aliphatic heterocycles. The number of benzene rings is 1. The Morgan fingerprint density at radius 1 is 1.33 bits per heavy atom. The van der Waals surface area contributed by atoms with Crippen LogP contribution in [-0.2, 0) is 15.7 Å². The van der Waals surface area contributed by atoms with Crippen molar-refractivity contribution in [2.75, 3.05) is 13.2 Å². The largest absolute Gasteiger partial charge is 0.466 e. The van der Waals surface area contributed by atoms with E-state index in [0.717, 1.165) is 25.1 Å². The Labute approximate surface area is 121 Å². The first-order valence-corrected chi connectivity index (χ1v) is 7.00. The van der Waals surface area contributed by atoms with Gasteiger partial charge in [0, 0.05) is 6.04 Å². The maximum atomic E-state index is 12.6. The van der Waals surface area contributed by atoms with Gasteiger partial charge in [-0.25, -0.2) is 0 Å². The second-order valence-electron chi connectivity index (χ2n) is 5.05. The number of carbonyl (C=O) groups is 1. The molecule has 1 heterocycles. The minimum absolute atomic E-state index is 0.292. The quantitative estimate of drug-likeness (QED) is 0.871. The average Bonchev–Trinajstić information content (AvgIpc) is 2.47. The predicted octanol–water partition coefficient (Wildman–Crippen LogP) is 3.31. The molecule has 0 aromatic heterocycles. The van der Waals surface area contributed by atoms with E-state index in [0.29, 0.717) is 18.6 Å². The number of hydrogen-bond donors (Lipinski definition) is 1. The second kappa shape index (κ2) is 6.47. The van der Waals surface area contributed by atoms with Crippen molar-refractivity contribution in [3.63, 3.8) is 0 Å². The van der Waals surface area contributed by atoms with E-state index in [1.54, 1.807) is 6.92 Å². The normalized spacial score (nSPS) is 22.9. The van der Waals surface area contributed by atoms with Gasteiger partial charge in [0.05, 0.1) is 18.1 Å². The summed E-state index contributed by atoms with van der Waals surface area (Å²) in [6.07, 6.45) is -2.82. The van der Waals surface area contributed by atoms with Crippen molar-refractivity contribution in [1.82, 2.24) is 5.32 Å². The maximum absolute atomic E-state index is 12.6. The number of piperidine rings is 1. The molecule has 21 heavy (non-hydrogen) atoms. The summed E-state index contributed by atoms with van der Waals surface area (Å²) >= 11 is 0. The molecule has 6 heteroatoms. The molecule has 0 radical (unpaired) electrons. The Kier molecular flexibility index (Phi) is 4.88. The van der Waals surface area contributed by atoms with Crippen LogP contribution in [0.2, 0.25) is 0 Å². The molecular formula is C15H18F3NO2. The molecule has 0 saturated carbocycles. The van der Waals surface area contributed by atoms with E-state index < -0.39 is 11.7 Å². The van der Waals surface area contributed by atoms with Crippen molar-refractivity contribution in [2.45, 2.75) is 32.0 Å². The Bertz CT molecular complexity index is 485. The second-order valence-corrected chi connectivity index (χ2v) is 5.05. The van der Waals surface area contributed by atoms with Crippen molar-refractivity contribution in [2.24, 2.45) is 5.92 Å². The fourth-order valence-electron chi connectivity index (χ4n) is 2.62. The first kappa shape index (κ1) is 15.8. The number of nitrogens with one attached hydrogen (secondary N) is 1. The highest BCUT2D eigenvalue weighted by Crippen LogP contribution is 2.33. The number of alkyl halides is 3. The molecule has 2 atom stereocenters. The van der Waals surface area contributed by atoms with Gasteiger partial charge in [-0.1, -0.05) is 12.1 Å². The Morgan fingerprint density at radius 2 is 2.00 bits per heavy atom. The van der Waals surface area contributed by atoms with Crippen molar-refractivity contribution < 1.29 is 22.7 Å². The number of ether oxygens (including phenoxy) is 1. The van der Waals surface area contributed by atoms with Gasteiger partial charge in [-0.15, -0.1) is 0 Å². The van der Waals surface area contributed by atoms with E-state index in [-0.39, 0.29) is 17.9 Å². The van der Waals surface area contributed by atoms with Gasteiger partial charge in [0.25, 0.3) is 0 Å². The van der Waals surface area contributed by atoms with Crippen molar-refractivity contribution >= 4 is 5.97 Å². The molecule has 1 saturated heterocycles. The third-order valence-corrected chi connectivity index (χ3v) is 3.64. The van der Waals surface area contributed by atoms with Gasteiger partial charge < -0.3 is 10.1 Å². The number of esters is 1. The number of halogens is 3. The summed E-state index contributed by atoms with van der Waals surface area (Å²) in [5, 5.41) is 3.20. The van der Waals surface area contributed by atoms with E-state index in [1.165, 1.54) is 12.1 Å². The summed E-state index contributed by atoms with van der Waals surface area (Å²) < 4.78 is 42.8. The van der Waals surface area contributed by atoms with Gasteiger partial charge in [0.2, 0.25) is 0 Å². The standard InChI is InChI=1S/C15H18F3NO2/c1-2-21-14(20)12-4-3-9-19-13(12)10-5-7-11(8-6-10)15(16,17)18/h5-8,12-13,19H,2-4,9H2,1H3/t12-,13-/m0/s1. The van der Waals surface area contributed by atoms with Crippen LogP contribution >= 0.6 is 0 Å². The van der Waals surface area contributed by atoms with Crippen molar-refractivity contribution in [3.8, 4) is 0 Å². The van der Waals surface area contributed by atoms with Crippen LogP contribution < -0.4 is 5.32 Å². The van der Waals surface area contributed by atoms with Crippen molar-refractivity contribution in [3.05, 3.63) is 35.4 Å². The molecule has 0 aliphatic carbocycles. The molecule has 1 aliphatic rings. The minimum Gasteiger partial charge on any atom is -0.466 e. The van der Waals surface area contributed by atoms with Crippen LogP contribution in [0.15, 0.2) is 24.3 Å². The van der Waals surface area contributed by atoms with Crippen LogP contribution in [0.4, 0.5) is 13.2 Å². The SMILES string of the molecule is CCOC(=O)[C@H]1CCCN[C@H]1c1ccc(C(F)(F)F)cc1. The van der Waals surface area contributed by atoms with Crippen LogP contribution in [0.1, 0.15) is 36.9 Å². The average molecular weight is 301 g/mol. The summed E-state index contributed by atoms with van der Waals surface area (Å²) in [5.41, 5.74) is -0.00417. The number of hydrogen-bond acceptors (Lipinski definition) is 3. The monoisotopic (exact) mass is 301 g/mol. The Morgan fingerprint density at radius 3 is 2.57 bits per heavy atom. The van der Waals surface area contributed by atoms with Crippen LogP contribution in [0, 0.1) is 5.92 Å². The number of rotatable bonds is 3. The molecule has 0 unspecified atom stereocenters. The zero-order valence-electron chi connectivity index (χ0n) is 11.7. The maximum Gasteiger partial charge on any atom is 0.416 e. The van der Waals surface area contributed by atoms with E-state index >= 15 is 0 Å². The zero-order chi connectivity index (χ0) is 15.5. The molecule has 3 nitrogen and oxygen atoms in total. The predicted molar refractivity (Wildman–Crippen MR) is 71.5 cm³/mol. The summed E-state index contributed by atoms with van der Waals surface area (Å²) in [6, 6.07) is 4.66. The molecule has 0 spiro atoms. The Balaban J connectivity index is 2.19. The fraction of sp³-hybridized carbons (Fsp3) is 0.533. The molecule has 1 aromatic rings. The van der Waals surface area contributed by atoms with E-state index in [9.17, 15) is 18.0 Å². The molecule has 1 fully saturated rings. The lowest BCUT2D eigenvalue weighted by atomic mass is 9.86. The third kappa shape index (κ3) is 3.75. The lowest BCUT2D eigenvalue weighted by Crippen LogP contribution is -2.39. The topological polar surface area (TPSA) is 38.3 Å². The number of carbonyl (C=O) groups excluding carboxylic acids is 1.